The quantitative estimate of drug-likeness (QED) is 0.644. The zero-order chi connectivity index (χ0) is 15.4. The van der Waals surface area contributed by atoms with Gasteiger partial charge in [0.2, 0.25) is 5.88 Å². The Morgan fingerprint density at radius 2 is 1.86 bits per heavy atom. The molecule has 0 unspecified atom stereocenters. The van der Waals surface area contributed by atoms with Crippen LogP contribution in [0, 0.1) is 18.3 Å². The fraction of sp³-hybridized carbons (Fsp3) is 0.0526. The Bertz CT molecular complexity index is 855. The Kier molecular flexibility index (Phi) is 3.84. The second kappa shape index (κ2) is 6.11. The number of aliphatic imine (C=N–C) groups is 1. The lowest BCUT2D eigenvalue weighted by molar-refractivity contribution is 0.592. The number of nitriles is 1. The first-order chi connectivity index (χ1) is 10.8. The molecular weight excluding hydrogens is 272 g/mol. The van der Waals surface area contributed by atoms with Crippen molar-refractivity contribution < 1.29 is 4.42 Å². The predicted octanol–water partition coefficient (Wildman–Crippen LogP) is 4.88. The van der Waals surface area contributed by atoms with Gasteiger partial charge in [-0.2, -0.15) is 5.26 Å². The molecule has 0 fully saturated rings. The van der Waals surface area contributed by atoms with Crippen LogP contribution in [0.3, 0.4) is 0 Å². The standard InChI is InChI=1S/C19H14N2O/c1-14-6-5-7-15(10-14)13-21-19-17(12-20)11-18(22-19)16-8-3-2-4-9-16/h2-11,13H,1H3. The van der Waals surface area contributed by atoms with Gasteiger partial charge in [-0.05, 0) is 12.5 Å². The van der Waals surface area contributed by atoms with E-state index in [2.05, 4.69) is 11.1 Å². The van der Waals surface area contributed by atoms with Crippen molar-refractivity contribution >= 4 is 12.1 Å². The van der Waals surface area contributed by atoms with Crippen molar-refractivity contribution in [2.24, 2.45) is 4.99 Å². The Hall–Kier alpha value is -3.12. The zero-order valence-electron chi connectivity index (χ0n) is 12.2. The molecule has 0 bridgehead atoms. The van der Waals surface area contributed by atoms with E-state index in [1.807, 2.05) is 61.5 Å². The number of rotatable bonds is 3. The molecule has 3 aromatic rings. The van der Waals surface area contributed by atoms with Crippen molar-refractivity contribution in [2.45, 2.75) is 6.92 Å². The Balaban J connectivity index is 1.94. The van der Waals surface area contributed by atoms with Crippen molar-refractivity contribution in [2.75, 3.05) is 0 Å². The van der Waals surface area contributed by atoms with Crippen LogP contribution in [-0.4, -0.2) is 6.21 Å². The van der Waals surface area contributed by atoms with Crippen LogP contribution in [0.2, 0.25) is 0 Å². The smallest absolute Gasteiger partial charge is 0.237 e. The van der Waals surface area contributed by atoms with Gasteiger partial charge in [0, 0.05) is 17.8 Å². The maximum Gasteiger partial charge on any atom is 0.237 e. The molecule has 106 valence electrons. The fourth-order valence-electron chi connectivity index (χ4n) is 2.19. The summed E-state index contributed by atoms with van der Waals surface area (Å²) in [6, 6.07) is 21.5. The highest BCUT2D eigenvalue weighted by Crippen LogP contribution is 2.30. The number of hydrogen-bond donors (Lipinski definition) is 0. The van der Waals surface area contributed by atoms with Crippen LogP contribution in [0.25, 0.3) is 11.3 Å². The SMILES string of the molecule is Cc1cccc(C=Nc2oc(-c3ccccc3)cc2C#N)c1. The molecule has 2 aromatic carbocycles. The van der Waals surface area contributed by atoms with Crippen LogP contribution < -0.4 is 0 Å². The monoisotopic (exact) mass is 286 g/mol. The maximum atomic E-state index is 9.24. The highest BCUT2D eigenvalue weighted by Gasteiger charge is 2.11. The van der Waals surface area contributed by atoms with Crippen molar-refractivity contribution in [1.82, 2.24) is 0 Å². The molecular formula is C19H14N2O. The van der Waals surface area contributed by atoms with Crippen LogP contribution in [-0.2, 0) is 0 Å². The molecule has 22 heavy (non-hydrogen) atoms. The summed E-state index contributed by atoms with van der Waals surface area (Å²) in [4.78, 5) is 4.32. The summed E-state index contributed by atoms with van der Waals surface area (Å²) in [5.41, 5.74) is 3.49. The molecule has 1 heterocycles. The van der Waals surface area contributed by atoms with Gasteiger partial charge in [0.15, 0.2) is 0 Å². The Morgan fingerprint density at radius 3 is 2.59 bits per heavy atom. The van der Waals surface area contributed by atoms with Gasteiger partial charge in [0.25, 0.3) is 0 Å². The second-order valence-corrected chi connectivity index (χ2v) is 4.98. The molecule has 0 saturated heterocycles. The molecule has 3 heteroatoms. The Labute approximate surface area is 129 Å². The number of benzene rings is 2. The molecule has 1 aromatic heterocycles. The minimum absolute atomic E-state index is 0.336. The first-order valence-corrected chi connectivity index (χ1v) is 6.96. The lowest BCUT2D eigenvalue weighted by Crippen LogP contribution is -1.81. The zero-order valence-corrected chi connectivity index (χ0v) is 12.2. The van der Waals surface area contributed by atoms with E-state index in [1.54, 1.807) is 12.3 Å². The number of hydrogen-bond acceptors (Lipinski definition) is 3. The van der Waals surface area contributed by atoms with Gasteiger partial charge in [0.05, 0.1) is 0 Å². The van der Waals surface area contributed by atoms with Crippen LogP contribution in [0.1, 0.15) is 16.7 Å². The molecule has 0 aliphatic carbocycles. The summed E-state index contributed by atoms with van der Waals surface area (Å²) in [6.07, 6.45) is 1.71. The summed E-state index contributed by atoms with van der Waals surface area (Å²) in [5.74, 6) is 0.983. The van der Waals surface area contributed by atoms with Gasteiger partial charge in [-0.3, -0.25) is 0 Å². The molecule has 3 nitrogen and oxygen atoms in total. The molecule has 0 N–H and O–H groups in total. The van der Waals surface area contributed by atoms with E-state index in [9.17, 15) is 5.26 Å². The summed E-state index contributed by atoms with van der Waals surface area (Å²) in [5, 5.41) is 9.24. The number of aryl methyl sites for hydroxylation is 1. The van der Waals surface area contributed by atoms with Crippen LogP contribution in [0.15, 0.2) is 70.1 Å². The minimum Gasteiger partial charge on any atom is -0.437 e. The highest BCUT2D eigenvalue weighted by molar-refractivity contribution is 5.82. The average molecular weight is 286 g/mol. The highest BCUT2D eigenvalue weighted by atomic mass is 16.4. The van der Waals surface area contributed by atoms with E-state index in [4.69, 9.17) is 4.42 Å². The molecule has 0 aliphatic rings. The lowest BCUT2D eigenvalue weighted by Gasteiger charge is -1.95. The van der Waals surface area contributed by atoms with E-state index in [-0.39, 0.29) is 0 Å². The van der Waals surface area contributed by atoms with Gasteiger partial charge >= 0.3 is 0 Å². The predicted molar refractivity (Wildman–Crippen MR) is 87.3 cm³/mol. The van der Waals surface area contributed by atoms with Gasteiger partial charge in [-0.15, -0.1) is 0 Å². The van der Waals surface area contributed by atoms with Gasteiger partial charge in [-0.1, -0.05) is 60.2 Å². The normalized spacial score (nSPS) is 10.7. The molecule has 0 amide bonds. The average Bonchev–Trinajstić information content (AvgIpc) is 2.97. The van der Waals surface area contributed by atoms with Crippen LogP contribution >= 0.6 is 0 Å². The van der Waals surface area contributed by atoms with Crippen molar-refractivity contribution in [1.29, 1.82) is 5.26 Å². The third-order valence-corrected chi connectivity index (χ3v) is 3.26. The van der Waals surface area contributed by atoms with E-state index < -0.39 is 0 Å². The van der Waals surface area contributed by atoms with E-state index in [0.29, 0.717) is 17.2 Å². The molecule has 3 rings (SSSR count). The molecule has 0 saturated carbocycles. The van der Waals surface area contributed by atoms with Crippen molar-refractivity contribution in [3.05, 3.63) is 77.4 Å². The van der Waals surface area contributed by atoms with Gasteiger partial charge in [0.1, 0.15) is 17.4 Å². The van der Waals surface area contributed by atoms with E-state index in [1.165, 1.54) is 0 Å². The van der Waals surface area contributed by atoms with E-state index in [0.717, 1.165) is 16.7 Å². The lowest BCUT2D eigenvalue weighted by atomic mass is 10.1. The van der Waals surface area contributed by atoms with Gasteiger partial charge < -0.3 is 4.42 Å². The summed E-state index contributed by atoms with van der Waals surface area (Å²) >= 11 is 0. The van der Waals surface area contributed by atoms with E-state index >= 15 is 0 Å². The summed E-state index contributed by atoms with van der Waals surface area (Å²) in [6.45, 7) is 2.03. The summed E-state index contributed by atoms with van der Waals surface area (Å²) < 4.78 is 5.72. The van der Waals surface area contributed by atoms with Crippen LogP contribution in [0.5, 0.6) is 0 Å². The first kappa shape index (κ1) is 13.8. The largest absolute Gasteiger partial charge is 0.437 e. The third-order valence-electron chi connectivity index (χ3n) is 3.26. The van der Waals surface area contributed by atoms with Gasteiger partial charge in [-0.25, -0.2) is 4.99 Å². The van der Waals surface area contributed by atoms with Crippen molar-refractivity contribution in [3.8, 4) is 17.4 Å². The molecule has 0 aliphatic heterocycles. The third kappa shape index (κ3) is 2.97. The fourth-order valence-corrected chi connectivity index (χ4v) is 2.19. The Morgan fingerprint density at radius 1 is 1.05 bits per heavy atom. The maximum absolute atomic E-state index is 9.24. The molecule has 0 atom stereocenters. The molecule has 0 spiro atoms. The molecule has 0 radical (unpaired) electrons. The summed E-state index contributed by atoms with van der Waals surface area (Å²) in [7, 11) is 0. The topological polar surface area (TPSA) is 49.3 Å². The minimum atomic E-state index is 0.336. The van der Waals surface area contributed by atoms with Crippen LogP contribution in [0.4, 0.5) is 5.88 Å². The second-order valence-electron chi connectivity index (χ2n) is 4.98. The number of furan rings is 1. The number of nitrogens with zero attached hydrogens (tertiary/aromatic N) is 2. The van der Waals surface area contributed by atoms with Crippen molar-refractivity contribution in [3.63, 3.8) is 0 Å². The first-order valence-electron chi connectivity index (χ1n) is 6.96.